The lowest BCUT2D eigenvalue weighted by Gasteiger charge is -2.02. The van der Waals surface area contributed by atoms with Crippen LogP contribution in [0, 0.1) is 0 Å². The molecule has 0 aliphatic heterocycles. The molecule has 0 N–H and O–H groups in total. The minimum atomic E-state index is 0. The molecule has 1 aromatic rings. The van der Waals surface area contributed by atoms with Crippen molar-refractivity contribution in [2.45, 2.75) is 48.0 Å². The van der Waals surface area contributed by atoms with Gasteiger partial charge in [-0.1, -0.05) is 59.4 Å². The van der Waals surface area contributed by atoms with Crippen LogP contribution in [0.4, 0.5) is 0 Å². The van der Waals surface area contributed by atoms with Crippen LogP contribution in [0.5, 0.6) is 0 Å². The molecule has 0 heteroatoms. The van der Waals surface area contributed by atoms with Gasteiger partial charge < -0.3 is 0 Å². The third-order valence-corrected chi connectivity index (χ3v) is 1.88. The van der Waals surface area contributed by atoms with Crippen molar-refractivity contribution in [2.24, 2.45) is 0 Å². The van der Waals surface area contributed by atoms with E-state index in [4.69, 9.17) is 0 Å². The summed E-state index contributed by atoms with van der Waals surface area (Å²) < 4.78 is 0. The zero-order valence-electron chi connectivity index (χ0n) is 8.72. The first kappa shape index (κ1) is 14.7. The monoisotopic (exact) mass is 180 g/mol. The number of benzene rings is 1. The fraction of sp³-hybridized carbons (Fsp3) is 0.538. The first-order valence-electron chi connectivity index (χ1n) is 4.95. The van der Waals surface area contributed by atoms with E-state index in [0.29, 0.717) is 0 Å². The lowest BCUT2D eigenvalue weighted by molar-refractivity contribution is 1.04. The molecule has 13 heavy (non-hydrogen) atoms. The van der Waals surface area contributed by atoms with Gasteiger partial charge in [-0.2, -0.15) is 0 Å². The summed E-state index contributed by atoms with van der Waals surface area (Å²) in [6, 6.07) is 8.63. The van der Waals surface area contributed by atoms with Gasteiger partial charge in [0.15, 0.2) is 0 Å². The fourth-order valence-corrected chi connectivity index (χ4v) is 1.25. The molecule has 0 amide bonds. The van der Waals surface area contributed by atoms with E-state index >= 15 is 0 Å². The van der Waals surface area contributed by atoms with E-state index in [-0.39, 0.29) is 7.43 Å². The lowest BCUT2D eigenvalue weighted by Crippen LogP contribution is -1.88. The molecule has 0 bridgehead atoms. The van der Waals surface area contributed by atoms with Crippen LogP contribution >= 0.6 is 0 Å². The van der Waals surface area contributed by atoms with Gasteiger partial charge in [0.1, 0.15) is 0 Å². The van der Waals surface area contributed by atoms with E-state index in [1.165, 1.54) is 11.1 Å². The molecule has 0 aromatic heterocycles. The molecule has 0 aliphatic rings. The third-order valence-electron chi connectivity index (χ3n) is 1.88. The molecule has 0 unspecified atom stereocenters. The molecule has 0 saturated heterocycles. The first-order chi connectivity index (χ1) is 5.88. The van der Waals surface area contributed by atoms with Crippen LogP contribution in [0.3, 0.4) is 0 Å². The molecule has 1 aromatic carbocycles. The largest absolute Gasteiger partial charge is 0.0776 e. The van der Waals surface area contributed by atoms with Gasteiger partial charge in [0.25, 0.3) is 0 Å². The normalized spacial score (nSPS) is 8.00. The highest BCUT2D eigenvalue weighted by molar-refractivity contribution is 5.26. The fourth-order valence-electron chi connectivity index (χ4n) is 1.25. The average molecular weight is 180 g/mol. The minimum Gasteiger partial charge on any atom is -0.0776 e. The van der Waals surface area contributed by atoms with Crippen LogP contribution in [0.15, 0.2) is 24.3 Å². The maximum atomic E-state index is 2.21. The average Bonchev–Trinajstić information content (AvgIpc) is 2.20. The Morgan fingerprint density at radius 2 is 1.15 bits per heavy atom. The van der Waals surface area contributed by atoms with Gasteiger partial charge in [0.05, 0.1) is 0 Å². The summed E-state index contributed by atoms with van der Waals surface area (Å²) in [5.74, 6) is 0. The maximum Gasteiger partial charge on any atom is -0.0305 e. The quantitative estimate of drug-likeness (QED) is 0.629. The molecule has 76 valence electrons. The van der Waals surface area contributed by atoms with Crippen LogP contribution in [0.1, 0.15) is 46.2 Å². The predicted molar refractivity (Wildman–Crippen MR) is 63.3 cm³/mol. The summed E-state index contributed by atoms with van der Waals surface area (Å²) in [5.41, 5.74) is 2.98. The van der Waals surface area contributed by atoms with Gasteiger partial charge in [-0.15, -0.1) is 0 Å². The number of rotatable bonds is 2. The lowest BCUT2D eigenvalue weighted by atomic mass is 10.0. The van der Waals surface area contributed by atoms with Gasteiger partial charge >= 0.3 is 0 Å². The maximum absolute atomic E-state index is 2.21. The van der Waals surface area contributed by atoms with Crippen LogP contribution in [-0.2, 0) is 12.8 Å². The summed E-state index contributed by atoms with van der Waals surface area (Å²) in [6.07, 6.45) is 2.31. The Morgan fingerprint density at radius 3 is 1.38 bits per heavy atom. The highest BCUT2D eigenvalue weighted by Crippen LogP contribution is 2.08. The zero-order valence-corrected chi connectivity index (χ0v) is 8.72. The van der Waals surface area contributed by atoms with E-state index in [9.17, 15) is 0 Å². The van der Waals surface area contributed by atoms with Crippen molar-refractivity contribution in [1.82, 2.24) is 0 Å². The Bertz CT molecular complexity index is 178. The standard InChI is InChI=1S/C10H14.C2H6.CH4/c1-3-9-7-5-6-8-10(9)4-2;1-2;/h5-8H,3-4H2,1-2H3;1-2H3;1H4. The summed E-state index contributed by atoms with van der Waals surface area (Å²) in [7, 11) is 0. The van der Waals surface area contributed by atoms with Crippen molar-refractivity contribution >= 4 is 0 Å². The molecule has 0 heterocycles. The van der Waals surface area contributed by atoms with Crippen molar-refractivity contribution in [3.05, 3.63) is 35.4 Å². The Balaban J connectivity index is 0. The van der Waals surface area contributed by atoms with Crippen LogP contribution < -0.4 is 0 Å². The summed E-state index contributed by atoms with van der Waals surface area (Å²) in [5, 5.41) is 0. The van der Waals surface area contributed by atoms with Gasteiger partial charge in [0.2, 0.25) is 0 Å². The van der Waals surface area contributed by atoms with Gasteiger partial charge in [-0.3, -0.25) is 0 Å². The van der Waals surface area contributed by atoms with Crippen molar-refractivity contribution in [3.63, 3.8) is 0 Å². The van der Waals surface area contributed by atoms with Crippen LogP contribution in [0.2, 0.25) is 0 Å². The molecule has 0 atom stereocenters. The zero-order chi connectivity index (χ0) is 9.40. The second-order valence-corrected chi connectivity index (χ2v) is 2.48. The van der Waals surface area contributed by atoms with E-state index in [1.807, 2.05) is 13.8 Å². The van der Waals surface area contributed by atoms with E-state index in [1.54, 1.807) is 0 Å². The Morgan fingerprint density at radius 1 is 0.846 bits per heavy atom. The number of hydrogen-bond acceptors (Lipinski definition) is 0. The van der Waals surface area contributed by atoms with Crippen LogP contribution in [0.25, 0.3) is 0 Å². The molecular formula is C13H24. The SMILES string of the molecule is C.CC.CCc1ccccc1CC. The van der Waals surface area contributed by atoms with E-state index < -0.39 is 0 Å². The van der Waals surface area contributed by atoms with Gasteiger partial charge in [-0.05, 0) is 24.0 Å². The second kappa shape index (κ2) is 9.31. The Kier molecular flexibility index (Phi) is 10.5. The van der Waals surface area contributed by atoms with Crippen molar-refractivity contribution in [3.8, 4) is 0 Å². The van der Waals surface area contributed by atoms with E-state index in [0.717, 1.165) is 12.8 Å². The van der Waals surface area contributed by atoms with Crippen molar-refractivity contribution in [2.75, 3.05) is 0 Å². The molecule has 0 aliphatic carbocycles. The highest BCUT2D eigenvalue weighted by Gasteiger charge is 1.93. The number of hydrogen-bond donors (Lipinski definition) is 0. The summed E-state index contributed by atoms with van der Waals surface area (Å²) >= 11 is 0. The third kappa shape index (κ3) is 4.72. The topological polar surface area (TPSA) is 0 Å². The molecule has 0 radical (unpaired) electrons. The van der Waals surface area contributed by atoms with Gasteiger partial charge in [-0.25, -0.2) is 0 Å². The Hall–Kier alpha value is -0.780. The molecule has 1 rings (SSSR count). The van der Waals surface area contributed by atoms with Gasteiger partial charge in [0, 0.05) is 0 Å². The smallest absolute Gasteiger partial charge is 0.0305 e. The van der Waals surface area contributed by atoms with Crippen LogP contribution in [-0.4, -0.2) is 0 Å². The molecular weight excluding hydrogens is 156 g/mol. The highest BCUT2D eigenvalue weighted by atomic mass is 14.0. The predicted octanol–water partition coefficient (Wildman–Crippen LogP) is 4.47. The minimum absolute atomic E-state index is 0. The molecule has 0 nitrogen and oxygen atoms in total. The molecule has 0 spiro atoms. The molecule has 0 saturated carbocycles. The molecule has 0 fully saturated rings. The van der Waals surface area contributed by atoms with E-state index in [2.05, 4.69) is 38.1 Å². The van der Waals surface area contributed by atoms with Crippen molar-refractivity contribution in [1.29, 1.82) is 0 Å². The summed E-state index contributed by atoms with van der Waals surface area (Å²) in [6.45, 7) is 8.41. The summed E-state index contributed by atoms with van der Waals surface area (Å²) in [4.78, 5) is 0. The second-order valence-electron chi connectivity index (χ2n) is 2.48. The van der Waals surface area contributed by atoms with Crippen molar-refractivity contribution < 1.29 is 0 Å². The number of aryl methyl sites for hydroxylation is 2. The Labute approximate surface area is 84.0 Å². The first-order valence-corrected chi connectivity index (χ1v) is 4.95.